The van der Waals surface area contributed by atoms with E-state index in [0.29, 0.717) is 25.3 Å². The number of rotatable bonds is 5. The monoisotopic (exact) mass is 424 g/mol. The number of para-hydroxylation sites is 1. The molecule has 1 aromatic heterocycles. The van der Waals surface area contributed by atoms with E-state index in [1.807, 2.05) is 12.1 Å². The lowest BCUT2D eigenvalue weighted by atomic mass is 9.83. The number of piperidine rings is 1. The van der Waals surface area contributed by atoms with Crippen molar-refractivity contribution >= 4 is 29.3 Å². The van der Waals surface area contributed by atoms with Crippen molar-refractivity contribution in [2.45, 2.75) is 31.7 Å². The maximum Gasteiger partial charge on any atom is 0.323 e. The molecular formula is C22H24N4O5. The predicted molar refractivity (Wildman–Crippen MR) is 114 cm³/mol. The van der Waals surface area contributed by atoms with Crippen LogP contribution in [-0.2, 0) is 16.1 Å². The molecule has 3 N–H and O–H groups in total. The summed E-state index contributed by atoms with van der Waals surface area (Å²) in [6.07, 6.45) is 0.686. The smallest absolute Gasteiger partial charge is 0.323 e. The number of amides is 3. The van der Waals surface area contributed by atoms with Gasteiger partial charge in [0.25, 0.3) is 5.56 Å². The summed E-state index contributed by atoms with van der Waals surface area (Å²) < 4.78 is 1.69. The fourth-order valence-electron chi connectivity index (χ4n) is 4.42. The standard InChI is InChI=1S/C22H24N4O5/c27-19(8-9-20(28)29)25-11-14-10-15(13-25)18-7-6-17(21(30)26(18)12-14)24-22(31)23-16-4-2-1-3-5-16/h1-7,14-15H,8-13H2,(H,28,29)(H2,23,24,31). The summed E-state index contributed by atoms with van der Waals surface area (Å²) in [6, 6.07) is 11.9. The average Bonchev–Trinajstić information content (AvgIpc) is 2.75. The Labute approximate surface area is 178 Å². The molecule has 2 aromatic rings. The number of nitrogens with one attached hydrogen (secondary N) is 2. The van der Waals surface area contributed by atoms with Crippen molar-refractivity contribution in [1.29, 1.82) is 0 Å². The third-order valence-corrected chi connectivity index (χ3v) is 5.79. The number of carbonyl (C=O) groups is 3. The number of fused-ring (bicyclic) bond motifs is 4. The Morgan fingerprint density at radius 1 is 0.968 bits per heavy atom. The maximum atomic E-state index is 13.0. The highest BCUT2D eigenvalue weighted by atomic mass is 16.4. The van der Waals surface area contributed by atoms with Crippen molar-refractivity contribution in [2.75, 3.05) is 23.7 Å². The van der Waals surface area contributed by atoms with Gasteiger partial charge in [0.15, 0.2) is 0 Å². The number of nitrogens with zero attached hydrogens (tertiary/aromatic N) is 2. The minimum atomic E-state index is -0.987. The van der Waals surface area contributed by atoms with E-state index in [0.717, 1.165) is 12.1 Å². The summed E-state index contributed by atoms with van der Waals surface area (Å²) >= 11 is 0. The first-order valence-corrected chi connectivity index (χ1v) is 10.3. The van der Waals surface area contributed by atoms with E-state index in [4.69, 9.17) is 5.11 Å². The largest absolute Gasteiger partial charge is 0.481 e. The van der Waals surface area contributed by atoms with Gasteiger partial charge in [0, 0.05) is 43.4 Å². The van der Waals surface area contributed by atoms with Crippen molar-refractivity contribution in [3.63, 3.8) is 0 Å². The normalized spacial score (nSPS) is 19.3. The molecule has 2 atom stereocenters. The van der Waals surface area contributed by atoms with E-state index in [2.05, 4.69) is 10.6 Å². The summed E-state index contributed by atoms with van der Waals surface area (Å²) in [5.74, 6) is -1.02. The zero-order chi connectivity index (χ0) is 22.0. The van der Waals surface area contributed by atoms with E-state index in [-0.39, 0.29) is 41.8 Å². The Morgan fingerprint density at radius 3 is 2.48 bits per heavy atom. The number of benzene rings is 1. The van der Waals surface area contributed by atoms with E-state index in [1.54, 1.807) is 39.8 Å². The number of carboxylic acids is 1. The highest BCUT2D eigenvalue weighted by Gasteiger charge is 2.36. The van der Waals surface area contributed by atoms with Crippen LogP contribution in [-0.4, -0.2) is 45.6 Å². The van der Waals surface area contributed by atoms with Crippen molar-refractivity contribution in [3.8, 4) is 0 Å². The Bertz CT molecular complexity index is 1070. The highest BCUT2D eigenvalue weighted by molar-refractivity contribution is 5.99. The van der Waals surface area contributed by atoms with Gasteiger partial charge in [-0.3, -0.25) is 14.4 Å². The fourth-order valence-corrected chi connectivity index (χ4v) is 4.42. The lowest BCUT2D eigenvalue weighted by molar-refractivity contribution is -0.141. The molecule has 4 rings (SSSR count). The predicted octanol–water partition coefficient (Wildman–Crippen LogP) is 2.30. The number of urea groups is 1. The summed E-state index contributed by atoms with van der Waals surface area (Å²) in [4.78, 5) is 50.1. The van der Waals surface area contributed by atoms with Gasteiger partial charge < -0.3 is 25.2 Å². The van der Waals surface area contributed by atoms with Gasteiger partial charge >= 0.3 is 12.0 Å². The maximum absolute atomic E-state index is 13.0. The van der Waals surface area contributed by atoms with Gasteiger partial charge in [-0.15, -0.1) is 0 Å². The van der Waals surface area contributed by atoms with E-state index in [9.17, 15) is 19.2 Å². The van der Waals surface area contributed by atoms with Crippen molar-refractivity contribution in [3.05, 3.63) is 58.5 Å². The molecule has 3 amide bonds. The molecular weight excluding hydrogens is 400 g/mol. The molecule has 9 nitrogen and oxygen atoms in total. The first kappa shape index (κ1) is 20.6. The second-order valence-corrected chi connectivity index (χ2v) is 8.02. The second kappa shape index (κ2) is 8.63. The number of hydrogen-bond donors (Lipinski definition) is 3. The number of carbonyl (C=O) groups excluding carboxylic acids is 2. The van der Waals surface area contributed by atoms with Gasteiger partial charge in [-0.2, -0.15) is 0 Å². The Morgan fingerprint density at radius 2 is 1.74 bits per heavy atom. The molecule has 31 heavy (non-hydrogen) atoms. The number of hydrogen-bond acceptors (Lipinski definition) is 4. The van der Waals surface area contributed by atoms with E-state index < -0.39 is 12.0 Å². The molecule has 9 heteroatoms. The zero-order valence-electron chi connectivity index (χ0n) is 16.9. The van der Waals surface area contributed by atoms with Crippen LogP contribution in [0.2, 0.25) is 0 Å². The van der Waals surface area contributed by atoms with Crippen LogP contribution in [0.5, 0.6) is 0 Å². The van der Waals surface area contributed by atoms with E-state index >= 15 is 0 Å². The third-order valence-electron chi connectivity index (χ3n) is 5.79. The molecule has 2 aliphatic rings. The summed E-state index contributed by atoms with van der Waals surface area (Å²) in [6.45, 7) is 1.44. The number of aliphatic carboxylic acids is 1. The first-order chi connectivity index (χ1) is 14.9. The van der Waals surface area contributed by atoms with Crippen LogP contribution < -0.4 is 16.2 Å². The van der Waals surface area contributed by atoms with Gasteiger partial charge in [-0.1, -0.05) is 18.2 Å². The van der Waals surface area contributed by atoms with Crippen LogP contribution in [0.1, 0.15) is 30.9 Å². The molecule has 0 spiro atoms. The van der Waals surface area contributed by atoms with Crippen LogP contribution in [0.15, 0.2) is 47.3 Å². The second-order valence-electron chi connectivity index (χ2n) is 8.02. The molecule has 1 aromatic carbocycles. The summed E-state index contributed by atoms with van der Waals surface area (Å²) in [7, 11) is 0. The molecule has 1 saturated heterocycles. The molecule has 2 unspecified atom stereocenters. The Kier molecular flexibility index (Phi) is 5.75. The Balaban J connectivity index is 1.47. The molecule has 1 fully saturated rings. The van der Waals surface area contributed by atoms with Crippen LogP contribution in [0, 0.1) is 5.92 Å². The van der Waals surface area contributed by atoms with Gasteiger partial charge in [0.2, 0.25) is 5.91 Å². The summed E-state index contributed by atoms with van der Waals surface area (Å²) in [5, 5.41) is 14.1. The fraction of sp³-hybridized carbons (Fsp3) is 0.364. The number of anilines is 2. The zero-order valence-corrected chi connectivity index (χ0v) is 16.9. The number of likely N-dealkylation sites (tertiary alicyclic amines) is 1. The van der Waals surface area contributed by atoms with Crippen LogP contribution in [0.3, 0.4) is 0 Å². The molecule has 0 saturated carbocycles. The first-order valence-electron chi connectivity index (χ1n) is 10.3. The molecule has 0 radical (unpaired) electrons. The third kappa shape index (κ3) is 4.60. The molecule has 3 heterocycles. The number of aromatic nitrogens is 1. The van der Waals surface area contributed by atoms with Gasteiger partial charge in [0.1, 0.15) is 5.69 Å². The molecule has 2 aliphatic heterocycles. The SMILES string of the molecule is O=C(O)CCC(=O)N1CC2CC(C1)c1ccc(NC(=O)Nc3ccccc3)c(=O)n1C2. The van der Waals surface area contributed by atoms with Crippen LogP contribution >= 0.6 is 0 Å². The minimum absolute atomic E-state index is 0.0129. The van der Waals surface area contributed by atoms with Gasteiger partial charge in [0.05, 0.1) is 6.42 Å². The quantitative estimate of drug-likeness (QED) is 0.680. The van der Waals surface area contributed by atoms with Gasteiger partial charge in [-0.25, -0.2) is 4.79 Å². The average molecular weight is 424 g/mol. The van der Waals surface area contributed by atoms with Gasteiger partial charge in [-0.05, 0) is 36.6 Å². The molecule has 162 valence electrons. The number of pyridine rings is 1. The van der Waals surface area contributed by atoms with Crippen molar-refractivity contribution in [1.82, 2.24) is 9.47 Å². The van der Waals surface area contributed by atoms with Crippen LogP contribution in [0.4, 0.5) is 16.2 Å². The number of carboxylic acid groups (broad SMARTS) is 1. The lowest BCUT2D eigenvalue weighted by Gasteiger charge is -2.43. The van der Waals surface area contributed by atoms with E-state index in [1.165, 1.54) is 0 Å². The Hall–Kier alpha value is -3.62. The highest BCUT2D eigenvalue weighted by Crippen LogP contribution is 2.35. The molecule has 2 bridgehead atoms. The summed E-state index contributed by atoms with van der Waals surface area (Å²) in [5.41, 5.74) is 1.40. The molecule has 0 aliphatic carbocycles. The van der Waals surface area contributed by atoms with Crippen molar-refractivity contribution < 1.29 is 19.5 Å². The van der Waals surface area contributed by atoms with Crippen molar-refractivity contribution in [2.24, 2.45) is 5.92 Å². The topological polar surface area (TPSA) is 121 Å². The minimum Gasteiger partial charge on any atom is -0.481 e. The lowest BCUT2D eigenvalue weighted by Crippen LogP contribution is -2.49. The van der Waals surface area contributed by atoms with Crippen LogP contribution in [0.25, 0.3) is 0 Å².